The van der Waals surface area contributed by atoms with Crippen LogP contribution in [0.15, 0.2) is 48.5 Å². The summed E-state index contributed by atoms with van der Waals surface area (Å²) in [5.41, 5.74) is 3.63. The van der Waals surface area contributed by atoms with Crippen LogP contribution < -0.4 is 5.46 Å². The molecule has 0 spiro atoms. The molecule has 0 atom stereocenters. The molecule has 0 bridgehead atoms. The van der Waals surface area contributed by atoms with Crippen LogP contribution in [0.3, 0.4) is 0 Å². The molecular formula is C16H19BO2. The fourth-order valence-electron chi connectivity index (χ4n) is 2.24. The Bertz CT molecular complexity index is 524. The number of unbranched alkanes of at least 4 members (excludes halogenated alkanes) is 1. The van der Waals surface area contributed by atoms with Gasteiger partial charge in [0.2, 0.25) is 0 Å². The van der Waals surface area contributed by atoms with Gasteiger partial charge in [-0.15, -0.1) is 0 Å². The molecule has 0 heterocycles. The van der Waals surface area contributed by atoms with Crippen molar-refractivity contribution >= 4 is 12.6 Å². The van der Waals surface area contributed by atoms with Gasteiger partial charge in [-0.05, 0) is 35.0 Å². The van der Waals surface area contributed by atoms with E-state index in [-0.39, 0.29) is 0 Å². The second-order valence-electron chi connectivity index (χ2n) is 4.76. The van der Waals surface area contributed by atoms with Crippen molar-refractivity contribution in [2.24, 2.45) is 0 Å². The van der Waals surface area contributed by atoms with Crippen LogP contribution in [-0.2, 0) is 6.42 Å². The van der Waals surface area contributed by atoms with E-state index in [4.69, 9.17) is 0 Å². The van der Waals surface area contributed by atoms with Crippen molar-refractivity contribution < 1.29 is 10.0 Å². The van der Waals surface area contributed by atoms with Crippen molar-refractivity contribution in [1.29, 1.82) is 0 Å². The zero-order chi connectivity index (χ0) is 13.7. The number of aryl methyl sites for hydroxylation is 1. The molecule has 0 radical (unpaired) electrons. The molecule has 0 saturated carbocycles. The van der Waals surface area contributed by atoms with Crippen LogP contribution in [0.2, 0.25) is 0 Å². The average Bonchev–Trinajstić information content (AvgIpc) is 2.45. The van der Waals surface area contributed by atoms with Gasteiger partial charge in [-0.2, -0.15) is 0 Å². The van der Waals surface area contributed by atoms with Crippen LogP contribution in [-0.4, -0.2) is 17.2 Å². The van der Waals surface area contributed by atoms with E-state index in [2.05, 4.69) is 13.0 Å². The van der Waals surface area contributed by atoms with Crippen LogP contribution in [0.25, 0.3) is 11.1 Å². The van der Waals surface area contributed by atoms with Crippen LogP contribution >= 0.6 is 0 Å². The second-order valence-corrected chi connectivity index (χ2v) is 4.76. The number of rotatable bonds is 5. The largest absolute Gasteiger partial charge is 0.489 e. The highest BCUT2D eigenvalue weighted by Crippen LogP contribution is 2.18. The smallest absolute Gasteiger partial charge is 0.423 e. The Hall–Kier alpha value is -1.58. The molecule has 0 amide bonds. The molecule has 3 heteroatoms. The Labute approximate surface area is 114 Å². The van der Waals surface area contributed by atoms with Crippen LogP contribution in [0.4, 0.5) is 0 Å². The van der Waals surface area contributed by atoms with E-state index in [9.17, 15) is 10.0 Å². The Morgan fingerprint density at radius 1 is 1.00 bits per heavy atom. The molecular weight excluding hydrogens is 235 g/mol. The van der Waals surface area contributed by atoms with Crippen LogP contribution in [0.1, 0.15) is 25.3 Å². The molecule has 0 aromatic heterocycles. The predicted molar refractivity (Wildman–Crippen MR) is 80.3 cm³/mol. The lowest BCUT2D eigenvalue weighted by Crippen LogP contribution is -2.32. The van der Waals surface area contributed by atoms with Gasteiger partial charge in [0.1, 0.15) is 0 Å². The van der Waals surface area contributed by atoms with Gasteiger partial charge in [0.25, 0.3) is 0 Å². The summed E-state index contributed by atoms with van der Waals surface area (Å²) >= 11 is 0. The quantitative estimate of drug-likeness (QED) is 0.804. The van der Waals surface area contributed by atoms with E-state index in [1.54, 1.807) is 0 Å². The van der Waals surface area contributed by atoms with Gasteiger partial charge in [0, 0.05) is 0 Å². The molecule has 0 aliphatic rings. The molecule has 19 heavy (non-hydrogen) atoms. The van der Waals surface area contributed by atoms with Crippen molar-refractivity contribution in [1.82, 2.24) is 0 Å². The van der Waals surface area contributed by atoms with Crippen molar-refractivity contribution in [3.05, 3.63) is 54.1 Å². The molecule has 0 aliphatic carbocycles. The second kappa shape index (κ2) is 6.55. The van der Waals surface area contributed by atoms with Crippen LogP contribution in [0, 0.1) is 0 Å². The van der Waals surface area contributed by atoms with Crippen molar-refractivity contribution in [2.75, 3.05) is 0 Å². The average molecular weight is 254 g/mol. The fourth-order valence-corrected chi connectivity index (χ4v) is 2.24. The molecule has 2 aromatic carbocycles. The minimum Gasteiger partial charge on any atom is -0.423 e. The molecule has 2 N–H and O–H groups in total. The lowest BCUT2D eigenvalue weighted by molar-refractivity contribution is 0.426. The highest BCUT2D eigenvalue weighted by atomic mass is 16.4. The summed E-state index contributed by atoms with van der Waals surface area (Å²) in [7, 11) is -1.43. The minimum atomic E-state index is -1.43. The maximum Gasteiger partial charge on any atom is 0.489 e. The molecule has 0 fully saturated rings. The number of hydrogen-bond donors (Lipinski definition) is 2. The van der Waals surface area contributed by atoms with Crippen molar-refractivity contribution in [3.63, 3.8) is 0 Å². The van der Waals surface area contributed by atoms with Gasteiger partial charge in [0.15, 0.2) is 0 Å². The molecule has 98 valence electrons. The van der Waals surface area contributed by atoms with Gasteiger partial charge >= 0.3 is 7.12 Å². The summed E-state index contributed by atoms with van der Waals surface area (Å²) in [6, 6.07) is 15.8. The monoisotopic (exact) mass is 254 g/mol. The normalized spacial score (nSPS) is 10.5. The number of hydrogen-bond acceptors (Lipinski definition) is 2. The topological polar surface area (TPSA) is 40.5 Å². The fraction of sp³-hybridized carbons (Fsp3) is 0.250. The Morgan fingerprint density at radius 3 is 2.37 bits per heavy atom. The zero-order valence-electron chi connectivity index (χ0n) is 11.2. The summed E-state index contributed by atoms with van der Waals surface area (Å²) < 4.78 is 0. The summed E-state index contributed by atoms with van der Waals surface area (Å²) in [6.07, 6.45) is 3.23. The lowest BCUT2D eigenvalue weighted by atomic mass is 9.74. The van der Waals surface area contributed by atoms with Crippen molar-refractivity contribution in [3.8, 4) is 11.1 Å². The number of benzene rings is 2. The lowest BCUT2D eigenvalue weighted by Gasteiger charge is -2.11. The molecule has 2 aromatic rings. The van der Waals surface area contributed by atoms with Gasteiger partial charge in [-0.25, -0.2) is 0 Å². The molecule has 0 unspecified atom stereocenters. The molecule has 2 nitrogen and oxygen atoms in total. The third-order valence-corrected chi connectivity index (χ3v) is 3.30. The third kappa shape index (κ3) is 3.46. The van der Waals surface area contributed by atoms with Gasteiger partial charge in [-0.1, -0.05) is 61.9 Å². The first-order chi connectivity index (χ1) is 9.22. The van der Waals surface area contributed by atoms with E-state index >= 15 is 0 Å². The Morgan fingerprint density at radius 2 is 1.74 bits per heavy atom. The first-order valence-electron chi connectivity index (χ1n) is 6.76. The molecule has 0 saturated heterocycles. The maximum atomic E-state index is 9.57. The summed E-state index contributed by atoms with van der Waals surface area (Å²) in [5.74, 6) is 0. The highest BCUT2D eigenvalue weighted by Gasteiger charge is 2.17. The van der Waals surface area contributed by atoms with E-state index in [1.807, 2.05) is 42.5 Å². The molecule has 2 rings (SSSR count). The summed E-state index contributed by atoms with van der Waals surface area (Å²) in [6.45, 7) is 2.15. The van der Waals surface area contributed by atoms with Crippen molar-refractivity contribution in [2.45, 2.75) is 26.2 Å². The van der Waals surface area contributed by atoms with Gasteiger partial charge in [0.05, 0.1) is 0 Å². The SMILES string of the molecule is CCCCc1ccc(-c2ccccc2)c(B(O)O)c1. The standard InChI is InChI=1S/C16H19BO2/c1-2-3-7-13-10-11-15(16(12-13)17(18)19)14-8-5-4-6-9-14/h4-6,8-12,18-19H,2-3,7H2,1H3. The Balaban J connectivity index is 2.39. The van der Waals surface area contributed by atoms with Gasteiger partial charge < -0.3 is 10.0 Å². The first-order valence-corrected chi connectivity index (χ1v) is 6.76. The Kier molecular flexibility index (Phi) is 4.77. The zero-order valence-corrected chi connectivity index (χ0v) is 11.2. The van der Waals surface area contributed by atoms with Gasteiger partial charge in [-0.3, -0.25) is 0 Å². The summed E-state index contributed by atoms with van der Waals surface area (Å²) in [4.78, 5) is 0. The van der Waals surface area contributed by atoms with E-state index in [0.717, 1.165) is 36.0 Å². The minimum absolute atomic E-state index is 0.583. The predicted octanol–water partition coefficient (Wildman–Crippen LogP) is 2.38. The van der Waals surface area contributed by atoms with Crippen LogP contribution in [0.5, 0.6) is 0 Å². The van der Waals surface area contributed by atoms with E-state index in [1.165, 1.54) is 0 Å². The third-order valence-electron chi connectivity index (χ3n) is 3.30. The highest BCUT2D eigenvalue weighted by molar-refractivity contribution is 6.60. The van der Waals surface area contributed by atoms with E-state index in [0.29, 0.717) is 5.46 Å². The maximum absolute atomic E-state index is 9.57. The molecule has 0 aliphatic heterocycles. The first kappa shape index (κ1) is 13.8. The summed E-state index contributed by atoms with van der Waals surface area (Å²) in [5, 5.41) is 19.1. The van der Waals surface area contributed by atoms with E-state index < -0.39 is 7.12 Å².